The van der Waals surface area contributed by atoms with Gasteiger partial charge in [-0.1, -0.05) is 17.7 Å². The molecule has 0 saturated heterocycles. The van der Waals surface area contributed by atoms with Crippen molar-refractivity contribution in [2.45, 2.75) is 30.4 Å². The minimum Gasteiger partial charge on any atom is -0.389 e. The van der Waals surface area contributed by atoms with Crippen LogP contribution < -0.4 is 5.32 Å². The average Bonchev–Trinajstić information content (AvgIpc) is 2.37. The van der Waals surface area contributed by atoms with E-state index in [2.05, 4.69) is 5.32 Å². The lowest BCUT2D eigenvalue weighted by atomic mass is 10.0. The van der Waals surface area contributed by atoms with Crippen LogP contribution in [-0.4, -0.2) is 45.6 Å². The number of ether oxygens (including phenoxy) is 1. The maximum absolute atomic E-state index is 11.8. The number of aliphatic hydroxyl groups is 1. The maximum Gasteiger partial charge on any atom is 0.175 e. The second-order valence-electron chi connectivity index (χ2n) is 5.33. The molecular weight excluding hydrogens is 314 g/mol. The summed E-state index contributed by atoms with van der Waals surface area (Å²) in [7, 11) is -1.77. The van der Waals surface area contributed by atoms with Crippen molar-refractivity contribution in [3.8, 4) is 0 Å². The molecule has 0 spiro atoms. The molecule has 7 heteroatoms. The summed E-state index contributed by atoms with van der Waals surface area (Å²) in [5.74, 6) is 0. The Morgan fingerprint density at radius 3 is 2.67 bits per heavy atom. The van der Waals surface area contributed by atoms with Crippen molar-refractivity contribution in [2.24, 2.45) is 0 Å². The molecule has 0 bridgehead atoms. The molecule has 0 aliphatic carbocycles. The molecule has 2 N–H and O–H groups in total. The molecule has 120 valence electrons. The monoisotopic (exact) mass is 335 g/mol. The van der Waals surface area contributed by atoms with Gasteiger partial charge in [-0.15, -0.1) is 0 Å². The van der Waals surface area contributed by atoms with Gasteiger partial charge in [-0.3, -0.25) is 0 Å². The van der Waals surface area contributed by atoms with E-state index in [4.69, 9.17) is 16.3 Å². The first kappa shape index (κ1) is 18.4. The van der Waals surface area contributed by atoms with Gasteiger partial charge < -0.3 is 15.2 Å². The normalized spacial score (nSPS) is 14.9. The van der Waals surface area contributed by atoms with Crippen LogP contribution >= 0.6 is 11.6 Å². The first-order chi connectivity index (χ1) is 9.67. The van der Waals surface area contributed by atoms with Crippen molar-refractivity contribution in [3.05, 3.63) is 28.8 Å². The molecule has 5 nitrogen and oxygen atoms in total. The SMILES string of the molecule is COCCC(C)(O)CNCc1c(Cl)cccc1S(C)(=O)=O. The topological polar surface area (TPSA) is 75.6 Å². The summed E-state index contributed by atoms with van der Waals surface area (Å²) < 4.78 is 28.4. The summed E-state index contributed by atoms with van der Waals surface area (Å²) in [6.45, 7) is 2.73. The van der Waals surface area contributed by atoms with E-state index in [1.807, 2.05) is 0 Å². The van der Waals surface area contributed by atoms with Crippen LogP contribution in [0, 0.1) is 0 Å². The molecule has 21 heavy (non-hydrogen) atoms. The van der Waals surface area contributed by atoms with Gasteiger partial charge in [-0.05, 0) is 19.1 Å². The van der Waals surface area contributed by atoms with Crippen molar-refractivity contribution >= 4 is 21.4 Å². The predicted octanol–water partition coefficient (Wildman–Crippen LogP) is 1.62. The highest BCUT2D eigenvalue weighted by molar-refractivity contribution is 7.90. The molecule has 0 fully saturated rings. The Morgan fingerprint density at radius 1 is 1.43 bits per heavy atom. The van der Waals surface area contributed by atoms with Crippen LogP contribution in [0.25, 0.3) is 0 Å². The van der Waals surface area contributed by atoms with Gasteiger partial charge in [0.25, 0.3) is 0 Å². The van der Waals surface area contributed by atoms with Crippen LogP contribution in [0.15, 0.2) is 23.1 Å². The number of hydrogen-bond acceptors (Lipinski definition) is 5. The minimum atomic E-state index is -3.34. The van der Waals surface area contributed by atoms with Gasteiger partial charge in [0.15, 0.2) is 9.84 Å². The summed E-state index contributed by atoms with van der Waals surface area (Å²) in [6.07, 6.45) is 1.63. The second kappa shape index (κ2) is 7.56. The number of rotatable bonds is 8. The lowest BCUT2D eigenvalue weighted by Crippen LogP contribution is -2.38. The van der Waals surface area contributed by atoms with Gasteiger partial charge in [0, 0.05) is 50.1 Å². The van der Waals surface area contributed by atoms with Crippen molar-refractivity contribution in [1.29, 1.82) is 0 Å². The van der Waals surface area contributed by atoms with E-state index in [9.17, 15) is 13.5 Å². The Balaban J connectivity index is 2.77. The molecule has 1 rings (SSSR count). The summed E-state index contributed by atoms with van der Waals surface area (Å²) in [6, 6.07) is 4.79. The van der Waals surface area contributed by atoms with E-state index in [1.54, 1.807) is 26.2 Å². The van der Waals surface area contributed by atoms with Crippen LogP contribution in [0.3, 0.4) is 0 Å². The Kier molecular flexibility index (Phi) is 6.62. The van der Waals surface area contributed by atoms with Crippen molar-refractivity contribution in [2.75, 3.05) is 26.5 Å². The fraction of sp³-hybridized carbons (Fsp3) is 0.571. The Labute approximate surface area is 131 Å². The highest BCUT2D eigenvalue weighted by Gasteiger charge is 2.21. The van der Waals surface area contributed by atoms with E-state index in [1.165, 1.54) is 6.07 Å². The number of benzene rings is 1. The summed E-state index contributed by atoms with van der Waals surface area (Å²) in [5.41, 5.74) is -0.410. The fourth-order valence-electron chi connectivity index (χ4n) is 1.92. The van der Waals surface area contributed by atoms with E-state index < -0.39 is 15.4 Å². The molecule has 1 unspecified atom stereocenters. The Morgan fingerprint density at radius 2 is 2.10 bits per heavy atom. The molecule has 1 aromatic carbocycles. The first-order valence-electron chi connectivity index (χ1n) is 6.57. The highest BCUT2D eigenvalue weighted by atomic mass is 35.5. The Bertz CT molecular complexity index is 572. The third-order valence-electron chi connectivity index (χ3n) is 3.13. The molecule has 0 amide bonds. The van der Waals surface area contributed by atoms with E-state index >= 15 is 0 Å². The lowest BCUT2D eigenvalue weighted by molar-refractivity contribution is 0.0247. The van der Waals surface area contributed by atoms with Gasteiger partial charge in [0.1, 0.15) is 0 Å². The summed E-state index contributed by atoms with van der Waals surface area (Å²) >= 11 is 6.08. The molecule has 0 aliphatic heterocycles. The van der Waals surface area contributed by atoms with Crippen LogP contribution in [0.5, 0.6) is 0 Å². The summed E-state index contributed by atoms with van der Waals surface area (Å²) in [4.78, 5) is 0.207. The molecule has 0 aliphatic rings. The number of methoxy groups -OCH3 is 1. The molecule has 1 aromatic rings. The zero-order valence-electron chi connectivity index (χ0n) is 12.5. The third kappa shape index (κ3) is 5.92. The molecule has 0 radical (unpaired) electrons. The summed E-state index contributed by atoms with van der Waals surface area (Å²) in [5, 5.41) is 13.6. The molecule has 0 aromatic heterocycles. The maximum atomic E-state index is 11.8. The van der Waals surface area contributed by atoms with Crippen LogP contribution in [0.1, 0.15) is 18.9 Å². The second-order valence-corrected chi connectivity index (χ2v) is 7.72. The first-order valence-corrected chi connectivity index (χ1v) is 8.84. The zero-order chi connectivity index (χ0) is 16.1. The van der Waals surface area contributed by atoms with E-state index in [0.717, 1.165) is 6.26 Å². The van der Waals surface area contributed by atoms with Crippen molar-refractivity contribution < 1.29 is 18.3 Å². The quantitative estimate of drug-likeness (QED) is 0.755. The van der Waals surface area contributed by atoms with Gasteiger partial charge in [-0.2, -0.15) is 0 Å². The number of hydrogen-bond donors (Lipinski definition) is 2. The van der Waals surface area contributed by atoms with Gasteiger partial charge >= 0.3 is 0 Å². The predicted molar refractivity (Wildman–Crippen MR) is 83.4 cm³/mol. The largest absolute Gasteiger partial charge is 0.389 e. The zero-order valence-corrected chi connectivity index (χ0v) is 14.1. The van der Waals surface area contributed by atoms with Gasteiger partial charge in [-0.25, -0.2) is 8.42 Å². The average molecular weight is 336 g/mol. The van der Waals surface area contributed by atoms with Gasteiger partial charge in [0.2, 0.25) is 0 Å². The highest BCUT2D eigenvalue weighted by Crippen LogP contribution is 2.24. The Hall–Kier alpha value is -0.660. The van der Waals surface area contributed by atoms with Crippen LogP contribution in [0.4, 0.5) is 0 Å². The minimum absolute atomic E-state index is 0.207. The van der Waals surface area contributed by atoms with Crippen molar-refractivity contribution in [1.82, 2.24) is 5.32 Å². The van der Waals surface area contributed by atoms with Crippen LogP contribution in [-0.2, 0) is 21.1 Å². The third-order valence-corrected chi connectivity index (χ3v) is 4.66. The lowest BCUT2D eigenvalue weighted by Gasteiger charge is -2.23. The van der Waals surface area contributed by atoms with Crippen molar-refractivity contribution in [3.63, 3.8) is 0 Å². The smallest absolute Gasteiger partial charge is 0.175 e. The van der Waals surface area contributed by atoms with E-state index in [0.29, 0.717) is 30.2 Å². The number of nitrogens with one attached hydrogen (secondary N) is 1. The van der Waals surface area contributed by atoms with Crippen LogP contribution in [0.2, 0.25) is 5.02 Å². The molecular formula is C14H22ClNO4S. The number of sulfone groups is 1. The fourth-order valence-corrected chi connectivity index (χ4v) is 3.18. The number of halogens is 1. The molecule has 0 saturated carbocycles. The standard InChI is InChI=1S/C14H22ClNO4S/c1-14(17,7-8-20-2)10-16-9-11-12(15)5-4-6-13(11)21(3,18)19/h4-6,16-17H,7-10H2,1-3H3. The van der Waals surface area contributed by atoms with E-state index in [-0.39, 0.29) is 11.4 Å². The van der Waals surface area contributed by atoms with Gasteiger partial charge in [0.05, 0.1) is 10.5 Å². The molecule has 1 atom stereocenters. The molecule has 0 heterocycles.